The Balaban J connectivity index is 3.96. The SMILES string of the molecule is CCC(C)CN(CC)CC(Cl)C(=O)O. The van der Waals surface area contributed by atoms with Crippen molar-refractivity contribution in [3.8, 4) is 0 Å². The number of hydrogen-bond acceptors (Lipinski definition) is 2. The molecule has 0 aliphatic carbocycles. The van der Waals surface area contributed by atoms with E-state index in [-0.39, 0.29) is 0 Å². The van der Waals surface area contributed by atoms with Gasteiger partial charge in [-0.05, 0) is 12.5 Å². The van der Waals surface area contributed by atoms with Crippen LogP contribution in [-0.2, 0) is 4.79 Å². The summed E-state index contributed by atoms with van der Waals surface area (Å²) >= 11 is 5.67. The van der Waals surface area contributed by atoms with Crippen LogP contribution in [0.1, 0.15) is 27.2 Å². The Bertz CT molecular complexity index is 176. The predicted molar refractivity (Wildman–Crippen MR) is 58.8 cm³/mol. The molecule has 0 spiro atoms. The van der Waals surface area contributed by atoms with E-state index in [1.165, 1.54) is 0 Å². The predicted octanol–water partition coefficient (Wildman–Crippen LogP) is 2.05. The smallest absolute Gasteiger partial charge is 0.322 e. The normalized spacial score (nSPS) is 15.5. The molecular weight excluding hydrogens is 202 g/mol. The molecule has 1 N–H and O–H groups in total. The summed E-state index contributed by atoms with van der Waals surface area (Å²) in [6.45, 7) is 8.51. The molecule has 0 bridgehead atoms. The molecule has 4 heteroatoms. The topological polar surface area (TPSA) is 40.5 Å². The Morgan fingerprint density at radius 1 is 1.43 bits per heavy atom. The first-order valence-electron chi connectivity index (χ1n) is 5.10. The Kier molecular flexibility index (Phi) is 6.93. The number of carbonyl (C=O) groups is 1. The minimum Gasteiger partial charge on any atom is -0.480 e. The lowest BCUT2D eigenvalue weighted by Crippen LogP contribution is -2.36. The molecule has 2 atom stereocenters. The van der Waals surface area contributed by atoms with Gasteiger partial charge in [-0.15, -0.1) is 11.6 Å². The summed E-state index contributed by atoms with van der Waals surface area (Å²) in [6.07, 6.45) is 1.11. The van der Waals surface area contributed by atoms with Crippen molar-refractivity contribution in [2.75, 3.05) is 19.6 Å². The number of rotatable bonds is 7. The van der Waals surface area contributed by atoms with Crippen molar-refractivity contribution < 1.29 is 9.90 Å². The average molecular weight is 222 g/mol. The largest absolute Gasteiger partial charge is 0.480 e. The van der Waals surface area contributed by atoms with Crippen molar-refractivity contribution >= 4 is 17.6 Å². The van der Waals surface area contributed by atoms with Gasteiger partial charge in [0, 0.05) is 13.1 Å². The Morgan fingerprint density at radius 3 is 2.36 bits per heavy atom. The molecule has 0 aliphatic rings. The first kappa shape index (κ1) is 13.7. The van der Waals surface area contributed by atoms with E-state index in [0.717, 1.165) is 19.5 Å². The number of carboxylic acids is 1. The van der Waals surface area contributed by atoms with Crippen molar-refractivity contribution in [3.63, 3.8) is 0 Å². The molecule has 14 heavy (non-hydrogen) atoms. The molecule has 2 unspecified atom stereocenters. The van der Waals surface area contributed by atoms with E-state index >= 15 is 0 Å². The number of halogens is 1. The second kappa shape index (κ2) is 7.07. The summed E-state index contributed by atoms with van der Waals surface area (Å²) in [5.74, 6) is -0.345. The maximum atomic E-state index is 10.5. The van der Waals surface area contributed by atoms with Gasteiger partial charge in [-0.2, -0.15) is 0 Å². The molecule has 0 radical (unpaired) electrons. The lowest BCUT2D eigenvalue weighted by atomic mass is 10.1. The maximum absolute atomic E-state index is 10.5. The van der Waals surface area contributed by atoms with E-state index in [4.69, 9.17) is 16.7 Å². The van der Waals surface area contributed by atoms with Crippen LogP contribution < -0.4 is 0 Å². The van der Waals surface area contributed by atoms with Gasteiger partial charge in [0.1, 0.15) is 5.38 Å². The Labute approximate surface area is 91.0 Å². The zero-order chi connectivity index (χ0) is 11.1. The molecule has 0 aromatic carbocycles. The van der Waals surface area contributed by atoms with E-state index in [1.54, 1.807) is 0 Å². The number of nitrogens with zero attached hydrogens (tertiary/aromatic N) is 1. The summed E-state index contributed by atoms with van der Waals surface area (Å²) in [5, 5.41) is 7.87. The standard InChI is InChI=1S/C10H20ClNO2/c1-4-8(3)6-12(5-2)7-9(11)10(13)14/h8-9H,4-7H2,1-3H3,(H,13,14). The molecule has 0 fully saturated rings. The molecular formula is C10H20ClNO2. The van der Waals surface area contributed by atoms with Crippen LogP contribution in [0, 0.1) is 5.92 Å². The fourth-order valence-corrected chi connectivity index (χ4v) is 1.40. The van der Waals surface area contributed by atoms with Crippen LogP contribution >= 0.6 is 11.6 Å². The van der Waals surface area contributed by atoms with E-state index < -0.39 is 11.3 Å². The highest BCUT2D eigenvalue weighted by molar-refractivity contribution is 6.29. The minimum absolute atomic E-state index is 0.428. The number of alkyl halides is 1. The van der Waals surface area contributed by atoms with Gasteiger partial charge in [0.15, 0.2) is 0 Å². The summed E-state index contributed by atoms with van der Waals surface area (Å²) in [5.41, 5.74) is 0. The van der Waals surface area contributed by atoms with Crippen LogP contribution in [0.4, 0.5) is 0 Å². The molecule has 0 aromatic heterocycles. The molecule has 0 aromatic rings. The van der Waals surface area contributed by atoms with Crippen molar-refractivity contribution in [1.82, 2.24) is 4.90 Å². The summed E-state index contributed by atoms with van der Waals surface area (Å²) in [4.78, 5) is 12.6. The Hall–Kier alpha value is -0.280. The number of carboxylic acid groups (broad SMARTS) is 1. The highest BCUT2D eigenvalue weighted by Gasteiger charge is 2.18. The average Bonchev–Trinajstić information content (AvgIpc) is 2.16. The van der Waals surface area contributed by atoms with Crippen LogP contribution in [0.3, 0.4) is 0 Å². The summed E-state index contributed by atoms with van der Waals surface area (Å²) in [6, 6.07) is 0. The van der Waals surface area contributed by atoms with Gasteiger partial charge in [0.25, 0.3) is 0 Å². The van der Waals surface area contributed by atoms with E-state index in [2.05, 4.69) is 18.7 Å². The van der Waals surface area contributed by atoms with Gasteiger partial charge < -0.3 is 10.0 Å². The maximum Gasteiger partial charge on any atom is 0.322 e. The third-order valence-corrected chi connectivity index (χ3v) is 2.73. The molecule has 84 valence electrons. The monoisotopic (exact) mass is 221 g/mol. The number of hydrogen-bond donors (Lipinski definition) is 1. The molecule has 0 amide bonds. The van der Waals surface area contributed by atoms with E-state index in [1.807, 2.05) is 6.92 Å². The van der Waals surface area contributed by atoms with Crippen LogP contribution in [0.5, 0.6) is 0 Å². The zero-order valence-corrected chi connectivity index (χ0v) is 9.92. The molecule has 0 saturated carbocycles. The highest BCUT2D eigenvalue weighted by Crippen LogP contribution is 2.07. The number of aliphatic carboxylic acids is 1. The lowest BCUT2D eigenvalue weighted by molar-refractivity contribution is -0.137. The third kappa shape index (κ3) is 5.45. The molecule has 0 aliphatic heterocycles. The fraction of sp³-hybridized carbons (Fsp3) is 0.900. The fourth-order valence-electron chi connectivity index (χ4n) is 1.21. The van der Waals surface area contributed by atoms with Crippen molar-refractivity contribution in [2.24, 2.45) is 5.92 Å². The lowest BCUT2D eigenvalue weighted by Gasteiger charge is -2.24. The van der Waals surface area contributed by atoms with E-state index in [9.17, 15) is 4.79 Å². The van der Waals surface area contributed by atoms with Gasteiger partial charge in [-0.3, -0.25) is 4.79 Å². The van der Waals surface area contributed by atoms with Crippen LogP contribution in [0.25, 0.3) is 0 Å². The molecule has 0 heterocycles. The van der Waals surface area contributed by atoms with Gasteiger partial charge in [-0.25, -0.2) is 0 Å². The molecule has 0 rings (SSSR count). The minimum atomic E-state index is -0.936. The third-order valence-electron chi connectivity index (χ3n) is 2.40. The van der Waals surface area contributed by atoms with E-state index in [0.29, 0.717) is 12.5 Å². The van der Waals surface area contributed by atoms with Gasteiger partial charge in [-0.1, -0.05) is 27.2 Å². The second-order valence-corrected chi connectivity index (χ2v) is 4.20. The first-order valence-corrected chi connectivity index (χ1v) is 5.54. The van der Waals surface area contributed by atoms with Gasteiger partial charge in [0.2, 0.25) is 0 Å². The van der Waals surface area contributed by atoms with Crippen LogP contribution in [-0.4, -0.2) is 41.0 Å². The highest BCUT2D eigenvalue weighted by atomic mass is 35.5. The zero-order valence-electron chi connectivity index (χ0n) is 9.16. The van der Waals surface area contributed by atoms with Gasteiger partial charge >= 0.3 is 5.97 Å². The van der Waals surface area contributed by atoms with Crippen LogP contribution in [0.15, 0.2) is 0 Å². The van der Waals surface area contributed by atoms with Gasteiger partial charge in [0.05, 0.1) is 0 Å². The molecule has 3 nitrogen and oxygen atoms in total. The quantitative estimate of drug-likeness (QED) is 0.669. The second-order valence-electron chi connectivity index (χ2n) is 3.67. The summed E-state index contributed by atoms with van der Waals surface area (Å²) < 4.78 is 0. The first-order chi connectivity index (χ1) is 6.51. The Morgan fingerprint density at radius 2 is 2.00 bits per heavy atom. The van der Waals surface area contributed by atoms with Crippen molar-refractivity contribution in [3.05, 3.63) is 0 Å². The van der Waals surface area contributed by atoms with Crippen molar-refractivity contribution in [1.29, 1.82) is 0 Å². The van der Waals surface area contributed by atoms with Crippen molar-refractivity contribution in [2.45, 2.75) is 32.6 Å². The van der Waals surface area contributed by atoms with Crippen LogP contribution in [0.2, 0.25) is 0 Å². The summed E-state index contributed by atoms with van der Waals surface area (Å²) in [7, 11) is 0. The molecule has 0 saturated heterocycles.